The van der Waals surface area contributed by atoms with Gasteiger partial charge in [0.2, 0.25) is 5.91 Å². The third-order valence-corrected chi connectivity index (χ3v) is 5.15. The molecule has 0 bridgehead atoms. The molecule has 1 aliphatic heterocycles. The van der Waals surface area contributed by atoms with Gasteiger partial charge in [0.25, 0.3) is 0 Å². The molecule has 0 radical (unpaired) electrons. The molecule has 1 fully saturated rings. The van der Waals surface area contributed by atoms with Crippen LogP contribution >= 0.6 is 0 Å². The molecule has 1 N–H and O–H groups in total. The SMILES string of the molecule is CC(C)(C(=O)N1CCN(Cc2ccccc2)C[C@H](O)C1)c1ccccc1. The highest BCUT2D eigenvalue weighted by Gasteiger charge is 2.35. The Kier molecular flexibility index (Phi) is 5.74. The van der Waals surface area contributed by atoms with Crippen LogP contribution in [0.15, 0.2) is 60.7 Å². The zero-order chi connectivity index (χ0) is 18.6. The van der Waals surface area contributed by atoms with Gasteiger partial charge in [-0.15, -0.1) is 0 Å². The number of nitrogens with zero attached hydrogens (tertiary/aromatic N) is 2. The van der Waals surface area contributed by atoms with Crippen molar-refractivity contribution in [2.24, 2.45) is 0 Å². The smallest absolute Gasteiger partial charge is 0.232 e. The number of aliphatic hydroxyl groups is 1. The van der Waals surface area contributed by atoms with Crippen LogP contribution in [0.2, 0.25) is 0 Å². The van der Waals surface area contributed by atoms with E-state index in [1.807, 2.05) is 67.3 Å². The van der Waals surface area contributed by atoms with Crippen molar-refractivity contribution in [3.63, 3.8) is 0 Å². The molecule has 4 nitrogen and oxygen atoms in total. The highest BCUT2D eigenvalue weighted by atomic mass is 16.3. The molecule has 1 amide bonds. The molecule has 0 saturated carbocycles. The van der Waals surface area contributed by atoms with E-state index in [4.69, 9.17) is 0 Å². The monoisotopic (exact) mass is 352 g/mol. The molecular weight excluding hydrogens is 324 g/mol. The quantitative estimate of drug-likeness (QED) is 0.920. The lowest BCUT2D eigenvalue weighted by Gasteiger charge is -2.32. The highest BCUT2D eigenvalue weighted by Crippen LogP contribution is 2.26. The van der Waals surface area contributed by atoms with E-state index in [1.54, 1.807) is 0 Å². The average molecular weight is 352 g/mol. The number of benzene rings is 2. The molecule has 1 heterocycles. The molecule has 26 heavy (non-hydrogen) atoms. The minimum absolute atomic E-state index is 0.0734. The first-order valence-corrected chi connectivity index (χ1v) is 9.26. The van der Waals surface area contributed by atoms with Gasteiger partial charge in [-0.2, -0.15) is 0 Å². The Morgan fingerprint density at radius 3 is 2.27 bits per heavy atom. The summed E-state index contributed by atoms with van der Waals surface area (Å²) >= 11 is 0. The number of carbonyl (C=O) groups excluding carboxylic acids is 1. The third kappa shape index (κ3) is 4.32. The lowest BCUT2D eigenvalue weighted by atomic mass is 9.83. The van der Waals surface area contributed by atoms with Gasteiger partial charge in [-0.1, -0.05) is 60.7 Å². The van der Waals surface area contributed by atoms with Gasteiger partial charge >= 0.3 is 0 Å². The van der Waals surface area contributed by atoms with Gasteiger partial charge in [0, 0.05) is 32.7 Å². The highest BCUT2D eigenvalue weighted by molar-refractivity contribution is 5.87. The second-order valence-corrected chi connectivity index (χ2v) is 7.62. The molecule has 2 aromatic carbocycles. The van der Waals surface area contributed by atoms with Crippen LogP contribution in [0.1, 0.15) is 25.0 Å². The largest absolute Gasteiger partial charge is 0.390 e. The van der Waals surface area contributed by atoms with E-state index in [-0.39, 0.29) is 5.91 Å². The van der Waals surface area contributed by atoms with Crippen LogP contribution in [-0.2, 0) is 16.8 Å². The number of carbonyl (C=O) groups is 1. The van der Waals surface area contributed by atoms with Crippen molar-refractivity contribution in [2.75, 3.05) is 26.2 Å². The number of rotatable bonds is 4. The Hall–Kier alpha value is -2.17. The van der Waals surface area contributed by atoms with Crippen molar-refractivity contribution < 1.29 is 9.90 Å². The Morgan fingerprint density at radius 1 is 1.00 bits per heavy atom. The average Bonchev–Trinajstić information content (AvgIpc) is 2.83. The normalized spacial score (nSPS) is 19.2. The van der Waals surface area contributed by atoms with E-state index < -0.39 is 11.5 Å². The number of aliphatic hydroxyl groups excluding tert-OH is 1. The Balaban J connectivity index is 1.69. The fourth-order valence-electron chi connectivity index (χ4n) is 3.60. The Morgan fingerprint density at radius 2 is 1.62 bits per heavy atom. The fraction of sp³-hybridized carbons (Fsp3) is 0.409. The van der Waals surface area contributed by atoms with Crippen LogP contribution < -0.4 is 0 Å². The van der Waals surface area contributed by atoms with Gasteiger partial charge in [-0.05, 0) is 25.0 Å². The predicted octanol–water partition coefficient (Wildman–Crippen LogP) is 2.67. The predicted molar refractivity (Wildman–Crippen MR) is 104 cm³/mol. The zero-order valence-electron chi connectivity index (χ0n) is 15.6. The number of β-amino-alcohol motifs (C(OH)–C–C–N with tert-alkyl or cyclic N) is 1. The second kappa shape index (κ2) is 8.02. The molecular formula is C22H28N2O2. The van der Waals surface area contributed by atoms with Gasteiger partial charge < -0.3 is 10.0 Å². The van der Waals surface area contributed by atoms with E-state index >= 15 is 0 Å². The maximum absolute atomic E-state index is 13.2. The summed E-state index contributed by atoms with van der Waals surface area (Å²) in [5.41, 5.74) is 1.63. The molecule has 2 aromatic rings. The van der Waals surface area contributed by atoms with Gasteiger partial charge in [-0.3, -0.25) is 9.69 Å². The summed E-state index contributed by atoms with van der Waals surface area (Å²) in [5.74, 6) is 0.0734. The molecule has 1 aliphatic rings. The van der Waals surface area contributed by atoms with Crippen LogP contribution in [0, 0.1) is 0 Å². The summed E-state index contributed by atoms with van der Waals surface area (Å²) in [6.07, 6.45) is -0.531. The topological polar surface area (TPSA) is 43.8 Å². The minimum Gasteiger partial charge on any atom is -0.390 e. The van der Waals surface area contributed by atoms with Crippen molar-refractivity contribution in [3.05, 3.63) is 71.8 Å². The van der Waals surface area contributed by atoms with Gasteiger partial charge in [0.05, 0.1) is 11.5 Å². The Bertz CT molecular complexity index is 715. The van der Waals surface area contributed by atoms with E-state index in [9.17, 15) is 9.90 Å². The first-order valence-electron chi connectivity index (χ1n) is 9.26. The second-order valence-electron chi connectivity index (χ2n) is 7.62. The summed E-state index contributed by atoms with van der Waals surface area (Å²) in [6.45, 7) is 7.10. The van der Waals surface area contributed by atoms with Crippen molar-refractivity contribution in [1.29, 1.82) is 0 Å². The standard InChI is InChI=1S/C22H28N2O2/c1-22(2,19-11-7-4-8-12-19)21(26)24-14-13-23(16-20(25)17-24)15-18-9-5-3-6-10-18/h3-12,20,25H,13-17H2,1-2H3/t20-/m0/s1. The van der Waals surface area contributed by atoms with E-state index in [0.717, 1.165) is 18.7 Å². The molecule has 138 valence electrons. The number of amides is 1. The van der Waals surface area contributed by atoms with Crippen LogP contribution in [-0.4, -0.2) is 53.1 Å². The summed E-state index contributed by atoms with van der Waals surface area (Å²) < 4.78 is 0. The van der Waals surface area contributed by atoms with Crippen LogP contribution in [0.5, 0.6) is 0 Å². The molecule has 0 spiro atoms. The maximum Gasteiger partial charge on any atom is 0.232 e. The molecule has 3 rings (SSSR count). The van der Waals surface area contributed by atoms with Crippen LogP contribution in [0.3, 0.4) is 0 Å². The van der Waals surface area contributed by atoms with E-state index in [1.165, 1.54) is 5.56 Å². The van der Waals surface area contributed by atoms with Crippen LogP contribution in [0.25, 0.3) is 0 Å². The van der Waals surface area contributed by atoms with Gasteiger partial charge in [0.1, 0.15) is 0 Å². The number of hydrogen-bond donors (Lipinski definition) is 1. The first-order chi connectivity index (χ1) is 12.5. The van der Waals surface area contributed by atoms with Crippen molar-refractivity contribution in [3.8, 4) is 0 Å². The van der Waals surface area contributed by atoms with Gasteiger partial charge in [-0.25, -0.2) is 0 Å². The molecule has 4 heteroatoms. The van der Waals surface area contributed by atoms with Crippen LogP contribution in [0.4, 0.5) is 0 Å². The van der Waals surface area contributed by atoms with Gasteiger partial charge in [0.15, 0.2) is 0 Å². The Labute approximate surface area is 156 Å². The lowest BCUT2D eigenvalue weighted by Crippen LogP contribution is -2.46. The summed E-state index contributed by atoms with van der Waals surface area (Å²) in [5, 5.41) is 10.5. The summed E-state index contributed by atoms with van der Waals surface area (Å²) in [6, 6.07) is 20.1. The van der Waals surface area contributed by atoms with E-state index in [0.29, 0.717) is 19.6 Å². The summed E-state index contributed by atoms with van der Waals surface area (Å²) in [7, 11) is 0. The van der Waals surface area contributed by atoms with Crippen molar-refractivity contribution in [2.45, 2.75) is 31.9 Å². The van der Waals surface area contributed by atoms with Crippen molar-refractivity contribution in [1.82, 2.24) is 9.80 Å². The molecule has 1 atom stereocenters. The molecule has 0 aliphatic carbocycles. The number of hydrogen-bond acceptors (Lipinski definition) is 3. The van der Waals surface area contributed by atoms with Crippen molar-refractivity contribution >= 4 is 5.91 Å². The maximum atomic E-state index is 13.2. The minimum atomic E-state index is -0.602. The molecule has 0 unspecified atom stereocenters. The molecule has 0 aromatic heterocycles. The first kappa shape index (κ1) is 18.6. The summed E-state index contributed by atoms with van der Waals surface area (Å²) in [4.78, 5) is 17.2. The third-order valence-electron chi connectivity index (χ3n) is 5.15. The zero-order valence-corrected chi connectivity index (χ0v) is 15.6. The fourth-order valence-corrected chi connectivity index (χ4v) is 3.60. The molecule has 1 saturated heterocycles. The lowest BCUT2D eigenvalue weighted by molar-refractivity contribution is -0.137. The van der Waals surface area contributed by atoms with E-state index in [2.05, 4.69) is 17.0 Å².